The van der Waals surface area contributed by atoms with Gasteiger partial charge in [-0.3, -0.25) is 4.79 Å². The van der Waals surface area contributed by atoms with Crippen molar-refractivity contribution in [1.82, 2.24) is 4.90 Å². The average molecular weight is 159 g/mol. The SMILES string of the molecule is O=C1CC2SC(=S)CN12. The predicted octanol–water partition coefficient (Wildman–Crippen LogP) is 0.619. The standard InChI is InChI=1S/C5H5NOS2/c7-3-1-4-6(3)2-5(8)9-4/h4H,1-2H2. The third kappa shape index (κ3) is 0.697. The predicted molar refractivity (Wildman–Crippen MR) is 40.3 cm³/mol. The lowest BCUT2D eigenvalue weighted by molar-refractivity contribution is -0.139. The molecule has 0 spiro atoms. The average Bonchev–Trinajstić information content (AvgIpc) is 2.08. The smallest absolute Gasteiger partial charge is 0.226 e. The maximum atomic E-state index is 10.7. The Morgan fingerprint density at radius 3 is 3.00 bits per heavy atom. The van der Waals surface area contributed by atoms with Crippen LogP contribution in [0, 0.1) is 0 Å². The highest BCUT2D eigenvalue weighted by Crippen LogP contribution is 2.36. The first kappa shape index (κ1) is 5.68. The second-order valence-electron chi connectivity index (χ2n) is 2.17. The fourth-order valence-electron chi connectivity index (χ4n) is 1.05. The van der Waals surface area contributed by atoms with E-state index in [-0.39, 0.29) is 5.91 Å². The summed E-state index contributed by atoms with van der Waals surface area (Å²) in [7, 11) is 0. The van der Waals surface area contributed by atoms with Crippen molar-refractivity contribution in [3.8, 4) is 0 Å². The van der Waals surface area contributed by atoms with E-state index >= 15 is 0 Å². The van der Waals surface area contributed by atoms with Crippen molar-refractivity contribution >= 4 is 34.1 Å². The van der Waals surface area contributed by atoms with Gasteiger partial charge >= 0.3 is 0 Å². The lowest BCUT2D eigenvalue weighted by atomic mass is 10.2. The number of thiocarbonyl (C=S) groups is 1. The molecule has 2 nitrogen and oxygen atoms in total. The molecule has 48 valence electrons. The highest BCUT2D eigenvalue weighted by molar-refractivity contribution is 8.24. The quantitative estimate of drug-likeness (QED) is 0.382. The number of β-lactam (4-membered cyclic amide) rings is 1. The second-order valence-corrected chi connectivity index (χ2v) is 4.19. The van der Waals surface area contributed by atoms with Gasteiger partial charge in [0, 0.05) is 0 Å². The molecule has 2 aliphatic rings. The van der Waals surface area contributed by atoms with E-state index in [0.717, 1.165) is 4.20 Å². The number of nitrogens with zero attached hydrogens (tertiary/aromatic N) is 1. The maximum absolute atomic E-state index is 10.7. The summed E-state index contributed by atoms with van der Waals surface area (Å²) in [5, 5.41) is 0.407. The third-order valence-corrected chi connectivity index (χ3v) is 3.09. The summed E-state index contributed by atoms with van der Waals surface area (Å²) in [5.74, 6) is 0.257. The van der Waals surface area contributed by atoms with Gasteiger partial charge in [0.05, 0.1) is 22.5 Å². The lowest BCUT2D eigenvalue weighted by Crippen LogP contribution is -2.46. The number of hydrogen-bond acceptors (Lipinski definition) is 3. The molecule has 1 atom stereocenters. The molecule has 1 amide bonds. The van der Waals surface area contributed by atoms with Crippen LogP contribution < -0.4 is 0 Å². The summed E-state index contributed by atoms with van der Waals surface area (Å²) in [6, 6.07) is 0. The largest absolute Gasteiger partial charge is 0.324 e. The molecule has 2 aliphatic heterocycles. The summed E-state index contributed by atoms with van der Waals surface area (Å²) < 4.78 is 0.964. The van der Waals surface area contributed by atoms with Crippen molar-refractivity contribution in [3.05, 3.63) is 0 Å². The Morgan fingerprint density at radius 1 is 1.78 bits per heavy atom. The van der Waals surface area contributed by atoms with Crippen molar-refractivity contribution < 1.29 is 4.79 Å². The topological polar surface area (TPSA) is 20.3 Å². The van der Waals surface area contributed by atoms with Crippen LogP contribution >= 0.6 is 24.0 Å². The van der Waals surface area contributed by atoms with E-state index in [1.165, 1.54) is 0 Å². The number of amides is 1. The molecule has 2 heterocycles. The monoisotopic (exact) mass is 159 g/mol. The fraction of sp³-hybridized carbons (Fsp3) is 0.600. The number of carbonyl (C=O) groups is 1. The summed E-state index contributed by atoms with van der Waals surface area (Å²) in [4.78, 5) is 12.5. The summed E-state index contributed by atoms with van der Waals surface area (Å²) in [6.45, 7) is 0.712. The highest BCUT2D eigenvalue weighted by atomic mass is 32.2. The van der Waals surface area contributed by atoms with Crippen LogP contribution in [0.4, 0.5) is 0 Å². The van der Waals surface area contributed by atoms with Gasteiger partial charge in [-0.05, 0) is 0 Å². The number of thioether (sulfide) groups is 1. The van der Waals surface area contributed by atoms with Crippen LogP contribution in [0.25, 0.3) is 0 Å². The van der Waals surface area contributed by atoms with Crippen LogP contribution in [-0.2, 0) is 4.79 Å². The summed E-state index contributed by atoms with van der Waals surface area (Å²) in [5.41, 5.74) is 0. The Balaban J connectivity index is 2.16. The normalized spacial score (nSPS) is 32.4. The van der Waals surface area contributed by atoms with Crippen LogP contribution in [-0.4, -0.2) is 26.9 Å². The van der Waals surface area contributed by atoms with Crippen LogP contribution in [0.1, 0.15) is 6.42 Å². The summed E-state index contributed by atoms with van der Waals surface area (Å²) in [6.07, 6.45) is 0.699. The molecular formula is C5H5NOS2. The van der Waals surface area contributed by atoms with Crippen molar-refractivity contribution in [2.24, 2.45) is 0 Å². The molecule has 2 rings (SSSR count). The van der Waals surface area contributed by atoms with Gasteiger partial charge in [0.2, 0.25) is 5.91 Å². The molecule has 0 aromatic carbocycles. The zero-order valence-electron chi connectivity index (χ0n) is 4.66. The molecule has 1 unspecified atom stereocenters. The van der Waals surface area contributed by atoms with Crippen molar-refractivity contribution in [3.63, 3.8) is 0 Å². The second kappa shape index (κ2) is 1.70. The number of rotatable bonds is 0. The number of fused-ring (bicyclic) bond motifs is 1. The Bertz CT molecular complexity index is 189. The fourth-order valence-corrected chi connectivity index (χ4v) is 2.58. The first-order valence-electron chi connectivity index (χ1n) is 2.76. The number of hydrogen-bond donors (Lipinski definition) is 0. The van der Waals surface area contributed by atoms with E-state index in [9.17, 15) is 4.79 Å². The highest BCUT2D eigenvalue weighted by Gasteiger charge is 2.42. The molecule has 0 aliphatic carbocycles. The van der Waals surface area contributed by atoms with Gasteiger partial charge < -0.3 is 4.90 Å². The van der Waals surface area contributed by atoms with Gasteiger partial charge in [0.1, 0.15) is 0 Å². The summed E-state index contributed by atoms with van der Waals surface area (Å²) >= 11 is 6.59. The Morgan fingerprint density at radius 2 is 2.56 bits per heavy atom. The maximum Gasteiger partial charge on any atom is 0.226 e. The Labute approximate surface area is 62.6 Å². The van der Waals surface area contributed by atoms with Crippen molar-refractivity contribution in [1.29, 1.82) is 0 Å². The lowest BCUT2D eigenvalue weighted by Gasteiger charge is -2.32. The van der Waals surface area contributed by atoms with Crippen molar-refractivity contribution in [2.45, 2.75) is 11.8 Å². The van der Waals surface area contributed by atoms with Crippen LogP contribution in [0.2, 0.25) is 0 Å². The van der Waals surface area contributed by atoms with E-state index in [0.29, 0.717) is 18.3 Å². The van der Waals surface area contributed by atoms with E-state index < -0.39 is 0 Å². The van der Waals surface area contributed by atoms with Gasteiger partial charge in [0.25, 0.3) is 0 Å². The first-order chi connectivity index (χ1) is 4.27. The molecule has 0 aromatic heterocycles. The van der Waals surface area contributed by atoms with Crippen molar-refractivity contribution in [2.75, 3.05) is 6.54 Å². The Hall–Kier alpha value is -0.0900. The Kier molecular flexibility index (Phi) is 1.07. The molecule has 0 radical (unpaired) electrons. The molecule has 0 aromatic rings. The van der Waals surface area contributed by atoms with Crippen LogP contribution in [0.3, 0.4) is 0 Å². The number of carbonyl (C=O) groups excluding carboxylic acids is 1. The molecule has 4 heteroatoms. The molecule has 0 N–H and O–H groups in total. The first-order valence-corrected chi connectivity index (χ1v) is 4.05. The zero-order chi connectivity index (χ0) is 6.43. The van der Waals surface area contributed by atoms with Gasteiger partial charge in [-0.15, -0.1) is 0 Å². The third-order valence-electron chi connectivity index (χ3n) is 1.58. The van der Waals surface area contributed by atoms with E-state index in [1.807, 2.05) is 4.90 Å². The molecule has 2 fully saturated rings. The zero-order valence-corrected chi connectivity index (χ0v) is 6.30. The molecule has 0 saturated carbocycles. The molecule has 2 saturated heterocycles. The minimum absolute atomic E-state index is 0.257. The van der Waals surface area contributed by atoms with E-state index in [4.69, 9.17) is 12.2 Å². The molecular weight excluding hydrogens is 154 g/mol. The minimum Gasteiger partial charge on any atom is -0.324 e. The van der Waals surface area contributed by atoms with Gasteiger partial charge in [-0.25, -0.2) is 0 Å². The van der Waals surface area contributed by atoms with E-state index in [2.05, 4.69) is 0 Å². The molecule has 9 heavy (non-hydrogen) atoms. The minimum atomic E-state index is 0.257. The molecule has 0 bridgehead atoms. The van der Waals surface area contributed by atoms with Gasteiger partial charge in [-0.1, -0.05) is 24.0 Å². The van der Waals surface area contributed by atoms with Gasteiger partial charge in [-0.2, -0.15) is 0 Å². The van der Waals surface area contributed by atoms with E-state index in [1.54, 1.807) is 11.8 Å². The van der Waals surface area contributed by atoms with Crippen LogP contribution in [0.5, 0.6) is 0 Å². The van der Waals surface area contributed by atoms with Crippen LogP contribution in [0.15, 0.2) is 0 Å². The van der Waals surface area contributed by atoms with Gasteiger partial charge in [0.15, 0.2) is 0 Å².